The second kappa shape index (κ2) is 4.81. The van der Waals surface area contributed by atoms with Gasteiger partial charge in [0.15, 0.2) is 0 Å². The Hall–Kier alpha value is -0.830. The van der Waals surface area contributed by atoms with Crippen molar-refractivity contribution in [3.05, 3.63) is 0 Å². The summed E-state index contributed by atoms with van der Waals surface area (Å²) in [5.41, 5.74) is 0. The highest BCUT2D eigenvalue weighted by atomic mass is 32.2. The molecule has 1 atom stereocenters. The molecule has 0 spiro atoms. The summed E-state index contributed by atoms with van der Waals surface area (Å²) >= 11 is 0. The number of halogens is 3. The van der Waals surface area contributed by atoms with Crippen LogP contribution in [0.1, 0.15) is 6.42 Å². The Kier molecular flexibility index (Phi) is 4.03. The fourth-order valence-electron chi connectivity index (χ4n) is 1.58. The zero-order chi connectivity index (χ0) is 13.3. The molecule has 0 bridgehead atoms. The van der Waals surface area contributed by atoms with Gasteiger partial charge >= 0.3 is 6.18 Å². The molecule has 100 valence electrons. The number of hydrogen-bond acceptors (Lipinski definition) is 3. The first-order chi connectivity index (χ1) is 7.65. The van der Waals surface area contributed by atoms with E-state index in [-0.39, 0.29) is 13.0 Å². The van der Waals surface area contributed by atoms with Gasteiger partial charge in [0.1, 0.15) is 5.75 Å². The van der Waals surface area contributed by atoms with Gasteiger partial charge in [-0.25, -0.2) is 13.1 Å². The second-order valence-electron chi connectivity index (χ2n) is 3.83. The maximum Gasteiger partial charge on any atom is 0.393 e. The van der Waals surface area contributed by atoms with E-state index in [1.807, 2.05) is 4.72 Å². The van der Waals surface area contributed by atoms with Crippen molar-refractivity contribution in [1.82, 2.24) is 9.62 Å². The van der Waals surface area contributed by atoms with Crippen LogP contribution in [-0.2, 0) is 14.8 Å². The monoisotopic (exact) mass is 274 g/mol. The molecule has 1 saturated heterocycles. The number of hydrogen-bond donors (Lipinski definition) is 1. The van der Waals surface area contributed by atoms with E-state index >= 15 is 0 Å². The Labute approximate surface area is 97.0 Å². The van der Waals surface area contributed by atoms with E-state index < -0.39 is 40.3 Å². The summed E-state index contributed by atoms with van der Waals surface area (Å²) in [6.45, 7) is -0.510. The van der Waals surface area contributed by atoms with Crippen molar-refractivity contribution < 1.29 is 26.4 Å². The predicted octanol–water partition coefficient (Wildman–Crippen LogP) is -0.0536. The van der Waals surface area contributed by atoms with Crippen LogP contribution in [0, 0.1) is 5.92 Å². The Morgan fingerprint density at radius 3 is 2.47 bits per heavy atom. The minimum Gasteiger partial charge on any atom is -0.341 e. The Morgan fingerprint density at radius 2 is 2.06 bits per heavy atom. The summed E-state index contributed by atoms with van der Waals surface area (Å²) < 4.78 is 61.1. The molecule has 0 saturated carbocycles. The van der Waals surface area contributed by atoms with Crippen LogP contribution in [0.5, 0.6) is 0 Å². The summed E-state index contributed by atoms with van der Waals surface area (Å²) in [5.74, 6) is -3.16. The number of carbonyl (C=O) groups excluding carboxylic acids is 1. The van der Waals surface area contributed by atoms with Crippen molar-refractivity contribution in [3.8, 4) is 0 Å². The molecule has 1 rings (SSSR count). The normalized spacial score (nSPS) is 21.9. The molecule has 1 amide bonds. The van der Waals surface area contributed by atoms with Crippen molar-refractivity contribution in [2.45, 2.75) is 12.6 Å². The lowest BCUT2D eigenvalue weighted by atomic mass is 10.1. The van der Waals surface area contributed by atoms with Gasteiger partial charge in [0.2, 0.25) is 15.9 Å². The van der Waals surface area contributed by atoms with Gasteiger partial charge in [-0.05, 0) is 13.5 Å². The molecule has 0 radical (unpaired) electrons. The van der Waals surface area contributed by atoms with E-state index in [0.29, 0.717) is 0 Å². The van der Waals surface area contributed by atoms with E-state index in [1.54, 1.807) is 0 Å². The summed E-state index contributed by atoms with van der Waals surface area (Å²) in [5, 5.41) is 0. The molecule has 1 aliphatic heterocycles. The first-order valence-electron chi connectivity index (χ1n) is 4.91. The highest BCUT2D eigenvalue weighted by Crippen LogP contribution is 2.33. The van der Waals surface area contributed by atoms with E-state index in [0.717, 1.165) is 11.9 Å². The van der Waals surface area contributed by atoms with Crippen LogP contribution in [0.15, 0.2) is 0 Å². The van der Waals surface area contributed by atoms with Crippen molar-refractivity contribution in [1.29, 1.82) is 0 Å². The molecule has 1 unspecified atom stereocenters. The molecule has 5 nitrogen and oxygen atoms in total. The lowest BCUT2D eigenvalue weighted by Crippen LogP contribution is -2.38. The third-order valence-corrected chi connectivity index (χ3v) is 3.88. The fraction of sp³-hybridized carbons (Fsp3) is 0.875. The topological polar surface area (TPSA) is 66.5 Å². The number of sulfonamides is 1. The summed E-state index contributed by atoms with van der Waals surface area (Å²) in [4.78, 5) is 12.4. The Balaban J connectivity index is 2.58. The van der Waals surface area contributed by atoms with Crippen LogP contribution in [0.2, 0.25) is 0 Å². The van der Waals surface area contributed by atoms with Crippen LogP contribution >= 0.6 is 0 Å². The number of nitrogens with one attached hydrogen (secondary N) is 1. The van der Waals surface area contributed by atoms with Gasteiger partial charge in [0, 0.05) is 13.1 Å². The summed E-state index contributed by atoms with van der Waals surface area (Å²) in [6.07, 6.45) is -4.51. The molecule has 0 aliphatic carbocycles. The van der Waals surface area contributed by atoms with Crippen LogP contribution < -0.4 is 4.72 Å². The molecule has 1 heterocycles. The van der Waals surface area contributed by atoms with Gasteiger partial charge in [-0.1, -0.05) is 0 Å². The predicted molar refractivity (Wildman–Crippen MR) is 53.6 cm³/mol. The van der Waals surface area contributed by atoms with Crippen molar-refractivity contribution >= 4 is 15.9 Å². The average Bonchev–Trinajstić information content (AvgIpc) is 2.65. The zero-order valence-electron chi connectivity index (χ0n) is 9.12. The number of nitrogens with zero attached hydrogens (tertiary/aromatic N) is 1. The fourth-order valence-corrected chi connectivity index (χ4v) is 2.23. The standard InChI is InChI=1S/C8H13F3N2O3S/c1-12-17(15,16)5-7(14)13-3-2-6(4-13)8(9,10)11/h6,12H,2-5H2,1H3. The third-order valence-electron chi connectivity index (χ3n) is 2.63. The van der Waals surface area contributed by atoms with E-state index in [9.17, 15) is 26.4 Å². The molecule has 0 aromatic heterocycles. The summed E-state index contributed by atoms with van der Waals surface area (Å²) in [7, 11) is -2.59. The average molecular weight is 274 g/mol. The first-order valence-corrected chi connectivity index (χ1v) is 6.56. The van der Waals surface area contributed by atoms with Gasteiger partial charge in [-0.3, -0.25) is 4.79 Å². The highest BCUT2D eigenvalue weighted by molar-refractivity contribution is 7.90. The molecule has 1 aliphatic rings. The molecular weight excluding hydrogens is 261 g/mol. The van der Waals surface area contributed by atoms with Gasteiger partial charge in [0.25, 0.3) is 0 Å². The van der Waals surface area contributed by atoms with Crippen LogP contribution in [0.25, 0.3) is 0 Å². The molecule has 17 heavy (non-hydrogen) atoms. The molecule has 0 aromatic carbocycles. The van der Waals surface area contributed by atoms with Gasteiger partial charge in [0.05, 0.1) is 5.92 Å². The second-order valence-corrected chi connectivity index (χ2v) is 5.76. The number of likely N-dealkylation sites (tertiary alicyclic amines) is 1. The van der Waals surface area contributed by atoms with Crippen LogP contribution in [0.4, 0.5) is 13.2 Å². The van der Waals surface area contributed by atoms with E-state index in [1.165, 1.54) is 0 Å². The van der Waals surface area contributed by atoms with Crippen LogP contribution in [0.3, 0.4) is 0 Å². The maximum atomic E-state index is 12.3. The van der Waals surface area contributed by atoms with Crippen molar-refractivity contribution in [2.75, 3.05) is 25.9 Å². The minimum absolute atomic E-state index is 0.0533. The van der Waals surface area contributed by atoms with Crippen LogP contribution in [-0.4, -0.2) is 51.3 Å². The van der Waals surface area contributed by atoms with E-state index in [4.69, 9.17) is 0 Å². The van der Waals surface area contributed by atoms with Gasteiger partial charge < -0.3 is 4.90 Å². The zero-order valence-corrected chi connectivity index (χ0v) is 9.94. The third kappa shape index (κ3) is 3.84. The molecule has 0 aromatic rings. The van der Waals surface area contributed by atoms with Crippen molar-refractivity contribution in [3.63, 3.8) is 0 Å². The first kappa shape index (κ1) is 14.2. The Bertz CT molecular complexity index is 393. The summed E-state index contributed by atoms with van der Waals surface area (Å²) in [6, 6.07) is 0. The quantitative estimate of drug-likeness (QED) is 0.784. The van der Waals surface area contributed by atoms with Crippen molar-refractivity contribution in [2.24, 2.45) is 5.92 Å². The Morgan fingerprint density at radius 1 is 1.47 bits per heavy atom. The van der Waals surface area contributed by atoms with Gasteiger partial charge in [-0.15, -0.1) is 0 Å². The van der Waals surface area contributed by atoms with E-state index in [2.05, 4.69) is 0 Å². The number of alkyl halides is 3. The lowest BCUT2D eigenvalue weighted by Gasteiger charge is -2.17. The number of rotatable bonds is 3. The number of carbonyl (C=O) groups is 1. The maximum absolute atomic E-state index is 12.3. The molecular formula is C8H13F3N2O3S. The lowest BCUT2D eigenvalue weighted by molar-refractivity contribution is -0.170. The smallest absolute Gasteiger partial charge is 0.341 e. The minimum atomic E-state index is -4.34. The largest absolute Gasteiger partial charge is 0.393 e. The molecule has 9 heteroatoms. The SMILES string of the molecule is CNS(=O)(=O)CC(=O)N1CCC(C(F)(F)F)C1. The van der Waals surface area contributed by atoms with Gasteiger partial charge in [-0.2, -0.15) is 13.2 Å². The number of amides is 1. The molecule has 1 N–H and O–H groups in total. The molecule has 1 fully saturated rings. The highest BCUT2D eigenvalue weighted by Gasteiger charge is 2.44.